The Hall–Kier alpha value is -2.46. The van der Waals surface area contributed by atoms with Crippen molar-refractivity contribution in [2.24, 2.45) is 0 Å². The highest BCUT2D eigenvalue weighted by Gasteiger charge is 2.01. The van der Waals surface area contributed by atoms with Gasteiger partial charge < -0.3 is 5.32 Å². The minimum Gasteiger partial charge on any atom is -0.311 e. The summed E-state index contributed by atoms with van der Waals surface area (Å²) in [6, 6.07) is 20.8. The van der Waals surface area contributed by atoms with Gasteiger partial charge in [-0.25, -0.2) is 4.68 Å². The minimum absolute atomic E-state index is 0.752. The number of aromatic nitrogens is 3. The Morgan fingerprint density at radius 3 is 2.27 bits per heavy atom. The van der Waals surface area contributed by atoms with Crippen LogP contribution in [0.15, 0.2) is 66.9 Å². The molecular formula is C18H20N4. The lowest BCUT2D eigenvalue weighted by Gasteiger charge is -2.02. The van der Waals surface area contributed by atoms with Crippen molar-refractivity contribution in [3.05, 3.63) is 83.7 Å². The van der Waals surface area contributed by atoms with Gasteiger partial charge in [0, 0.05) is 6.54 Å². The zero-order valence-electron chi connectivity index (χ0n) is 12.5. The maximum Gasteiger partial charge on any atom is 0.0964 e. The summed E-state index contributed by atoms with van der Waals surface area (Å²) in [5.41, 5.74) is 3.56. The van der Waals surface area contributed by atoms with Crippen molar-refractivity contribution in [2.45, 2.75) is 19.5 Å². The van der Waals surface area contributed by atoms with Crippen molar-refractivity contribution in [2.75, 3.05) is 6.54 Å². The van der Waals surface area contributed by atoms with Crippen LogP contribution in [0.3, 0.4) is 0 Å². The predicted molar refractivity (Wildman–Crippen MR) is 87.4 cm³/mol. The Bertz CT molecular complexity index is 677. The van der Waals surface area contributed by atoms with E-state index in [0.717, 1.165) is 31.7 Å². The first-order valence-electron chi connectivity index (χ1n) is 7.58. The lowest BCUT2D eigenvalue weighted by atomic mass is 10.1. The van der Waals surface area contributed by atoms with E-state index in [2.05, 4.69) is 52.0 Å². The molecule has 0 amide bonds. The number of nitrogens with zero attached hydrogens (tertiary/aromatic N) is 3. The molecule has 1 N–H and O–H groups in total. The molecule has 4 nitrogen and oxygen atoms in total. The molecule has 0 atom stereocenters. The Balaban J connectivity index is 1.44. The summed E-state index contributed by atoms with van der Waals surface area (Å²) in [5, 5.41) is 11.8. The first-order chi connectivity index (χ1) is 10.9. The zero-order valence-corrected chi connectivity index (χ0v) is 12.5. The third-order valence-electron chi connectivity index (χ3n) is 3.51. The molecule has 4 heteroatoms. The van der Waals surface area contributed by atoms with Gasteiger partial charge in [0.05, 0.1) is 18.4 Å². The van der Waals surface area contributed by atoms with E-state index in [1.165, 1.54) is 11.1 Å². The summed E-state index contributed by atoms with van der Waals surface area (Å²) in [6.45, 7) is 2.45. The number of hydrogen-bond donors (Lipinski definition) is 1. The van der Waals surface area contributed by atoms with E-state index in [9.17, 15) is 0 Å². The average Bonchev–Trinajstić information content (AvgIpc) is 3.01. The van der Waals surface area contributed by atoms with Gasteiger partial charge in [-0.3, -0.25) is 0 Å². The monoisotopic (exact) mass is 292 g/mol. The number of hydrogen-bond acceptors (Lipinski definition) is 3. The molecule has 2 aromatic carbocycles. The van der Waals surface area contributed by atoms with Gasteiger partial charge in [0.2, 0.25) is 0 Å². The van der Waals surface area contributed by atoms with E-state index in [1.807, 2.05) is 35.1 Å². The van der Waals surface area contributed by atoms with Crippen LogP contribution in [-0.2, 0) is 19.5 Å². The molecular weight excluding hydrogens is 272 g/mol. The first-order valence-corrected chi connectivity index (χ1v) is 7.58. The Morgan fingerprint density at radius 2 is 1.55 bits per heavy atom. The molecule has 1 aromatic heterocycles. The summed E-state index contributed by atoms with van der Waals surface area (Å²) in [7, 11) is 0. The zero-order chi connectivity index (χ0) is 15.0. The smallest absolute Gasteiger partial charge is 0.0964 e. The molecule has 1 heterocycles. The maximum atomic E-state index is 4.21. The molecule has 0 saturated heterocycles. The Labute approximate surface area is 130 Å². The fraction of sp³-hybridized carbons (Fsp3) is 0.222. The van der Waals surface area contributed by atoms with Crippen LogP contribution in [0, 0.1) is 0 Å². The first kappa shape index (κ1) is 14.5. The third kappa shape index (κ3) is 4.27. The summed E-state index contributed by atoms with van der Waals surface area (Å²) in [6.07, 6.45) is 3.03. The molecule has 0 fully saturated rings. The van der Waals surface area contributed by atoms with Crippen molar-refractivity contribution in [3.63, 3.8) is 0 Å². The van der Waals surface area contributed by atoms with Gasteiger partial charge in [-0.05, 0) is 24.1 Å². The van der Waals surface area contributed by atoms with Gasteiger partial charge in [0.25, 0.3) is 0 Å². The highest BCUT2D eigenvalue weighted by atomic mass is 15.4. The van der Waals surface area contributed by atoms with Crippen LogP contribution >= 0.6 is 0 Å². The second-order valence-electron chi connectivity index (χ2n) is 5.31. The average molecular weight is 292 g/mol. The van der Waals surface area contributed by atoms with Gasteiger partial charge in [0.15, 0.2) is 0 Å². The summed E-state index contributed by atoms with van der Waals surface area (Å²) >= 11 is 0. The molecule has 3 rings (SSSR count). The predicted octanol–water partition coefficient (Wildman–Crippen LogP) is 2.66. The molecule has 0 saturated carbocycles. The molecule has 0 radical (unpaired) electrons. The van der Waals surface area contributed by atoms with E-state index in [-0.39, 0.29) is 0 Å². The molecule has 0 bridgehead atoms. The fourth-order valence-corrected chi connectivity index (χ4v) is 2.36. The third-order valence-corrected chi connectivity index (χ3v) is 3.51. The van der Waals surface area contributed by atoms with Crippen molar-refractivity contribution in [3.8, 4) is 0 Å². The SMILES string of the molecule is c1ccc(CCNCc2cn(Cc3ccccc3)nn2)cc1. The highest BCUT2D eigenvalue weighted by molar-refractivity contribution is 5.15. The van der Waals surface area contributed by atoms with E-state index < -0.39 is 0 Å². The van der Waals surface area contributed by atoms with Crippen molar-refractivity contribution >= 4 is 0 Å². The highest BCUT2D eigenvalue weighted by Crippen LogP contribution is 2.02. The van der Waals surface area contributed by atoms with Gasteiger partial charge in [-0.15, -0.1) is 5.10 Å². The standard InChI is InChI=1S/C18H20N4/c1-3-7-16(8-4-1)11-12-19-13-18-15-22(21-20-18)14-17-9-5-2-6-10-17/h1-10,15,19H,11-14H2. The van der Waals surface area contributed by atoms with E-state index >= 15 is 0 Å². The molecule has 3 aromatic rings. The quantitative estimate of drug-likeness (QED) is 0.681. The van der Waals surface area contributed by atoms with Crippen LogP contribution in [-0.4, -0.2) is 21.5 Å². The minimum atomic E-state index is 0.752. The van der Waals surface area contributed by atoms with Crippen LogP contribution in [0.25, 0.3) is 0 Å². The van der Waals surface area contributed by atoms with Crippen LogP contribution in [0.5, 0.6) is 0 Å². The van der Waals surface area contributed by atoms with Crippen LogP contribution < -0.4 is 5.32 Å². The maximum absolute atomic E-state index is 4.21. The Kier molecular flexibility index (Phi) is 4.95. The molecule has 0 aliphatic carbocycles. The van der Waals surface area contributed by atoms with Crippen LogP contribution in [0.1, 0.15) is 16.8 Å². The van der Waals surface area contributed by atoms with E-state index in [4.69, 9.17) is 0 Å². The van der Waals surface area contributed by atoms with Gasteiger partial charge >= 0.3 is 0 Å². The van der Waals surface area contributed by atoms with Crippen molar-refractivity contribution in [1.82, 2.24) is 20.3 Å². The number of nitrogens with one attached hydrogen (secondary N) is 1. The summed E-state index contributed by atoms with van der Waals surface area (Å²) in [5.74, 6) is 0. The van der Waals surface area contributed by atoms with Crippen molar-refractivity contribution < 1.29 is 0 Å². The molecule has 22 heavy (non-hydrogen) atoms. The lowest BCUT2D eigenvalue weighted by Crippen LogP contribution is -2.16. The second-order valence-corrected chi connectivity index (χ2v) is 5.31. The second kappa shape index (κ2) is 7.52. The van der Waals surface area contributed by atoms with E-state index in [0.29, 0.717) is 0 Å². The van der Waals surface area contributed by atoms with Crippen LogP contribution in [0.2, 0.25) is 0 Å². The van der Waals surface area contributed by atoms with Crippen molar-refractivity contribution in [1.29, 1.82) is 0 Å². The molecule has 0 aliphatic heterocycles. The van der Waals surface area contributed by atoms with Crippen LogP contribution in [0.4, 0.5) is 0 Å². The summed E-state index contributed by atoms with van der Waals surface area (Å²) in [4.78, 5) is 0. The van der Waals surface area contributed by atoms with Gasteiger partial charge in [-0.2, -0.15) is 0 Å². The number of benzene rings is 2. The molecule has 0 spiro atoms. The fourth-order valence-electron chi connectivity index (χ4n) is 2.36. The number of rotatable bonds is 7. The van der Waals surface area contributed by atoms with Gasteiger partial charge in [-0.1, -0.05) is 65.9 Å². The lowest BCUT2D eigenvalue weighted by molar-refractivity contribution is 0.646. The van der Waals surface area contributed by atoms with Gasteiger partial charge in [0.1, 0.15) is 0 Å². The normalized spacial score (nSPS) is 10.7. The van der Waals surface area contributed by atoms with E-state index in [1.54, 1.807) is 0 Å². The largest absolute Gasteiger partial charge is 0.311 e. The topological polar surface area (TPSA) is 42.7 Å². The summed E-state index contributed by atoms with van der Waals surface area (Å²) < 4.78 is 1.88. The molecule has 0 unspecified atom stereocenters. The Morgan fingerprint density at radius 1 is 0.864 bits per heavy atom. The molecule has 0 aliphatic rings. The molecule has 112 valence electrons.